The standard InChI is InChI=1S/C13H15NO5/c15-6-10(7-16)14-13(17)4-2-9-1-3-11-12(5-9)19-8-18-11/h1-5,10,15-16H,6-8H2,(H,14,17). The third kappa shape index (κ3) is 3.46. The van der Waals surface area contributed by atoms with Gasteiger partial charge in [0.15, 0.2) is 11.5 Å². The molecule has 0 fully saturated rings. The molecule has 0 aliphatic carbocycles. The van der Waals surface area contributed by atoms with Gasteiger partial charge in [0.1, 0.15) is 0 Å². The Kier molecular flexibility index (Phi) is 4.38. The Morgan fingerprint density at radius 1 is 1.32 bits per heavy atom. The van der Waals surface area contributed by atoms with Crippen LogP contribution in [-0.4, -0.2) is 42.2 Å². The molecule has 1 aromatic carbocycles. The summed E-state index contributed by atoms with van der Waals surface area (Å²) in [6.07, 6.45) is 2.94. The van der Waals surface area contributed by atoms with Crippen molar-refractivity contribution in [1.82, 2.24) is 5.32 Å². The molecule has 6 heteroatoms. The van der Waals surface area contributed by atoms with Gasteiger partial charge >= 0.3 is 0 Å². The van der Waals surface area contributed by atoms with Crippen molar-refractivity contribution in [3.8, 4) is 11.5 Å². The average Bonchev–Trinajstić information content (AvgIpc) is 2.89. The van der Waals surface area contributed by atoms with Crippen LogP contribution in [0.5, 0.6) is 11.5 Å². The maximum atomic E-state index is 11.5. The zero-order valence-corrected chi connectivity index (χ0v) is 10.2. The van der Waals surface area contributed by atoms with E-state index in [1.807, 2.05) is 0 Å². The number of carbonyl (C=O) groups excluding carboxylic acids is 1. The molecule has 0 unspecified atom stereocenters. The first-order chi connectivity index (χ1) is 9.22. The Balaban J connectivity index is 1.96. The Morgan fingerprint density at radius 3 is 2.79 bits per heavy atom. The summed E-state index contributed by atoms with van der Waals surface area (Å²) in [5.74, 6) is 0.944. The lowest BCUT2D eigenvalue weighted by atomic mass is 10.2. The molecule has 0 bridgehead atoms. The monoisotopic (exact) mass is 265 g/mol. The van der Waals surface area contributed by atoms with Crippen LogP contribution in [0.2, 0.25) is 0 Å². The van der Waals surface area contributed by atoms with E-state index in [-0.39, 0.29) is 25.9 Å². The molecule has 2 rings (SSSR count). The number of hydrogen-bond acceptors (Lipinski definition) is 5. The van der Waals surface area contributed by atoms with Gasteiger partial charge in [0, 0.05) is 6.08 Å². The molecule has 6 nitrogen and oxygen atoms in total. The van der Waals surface area contributed by atoms with Gasteiger partial charge in [0.2, 0.25) is 12.7 Å². The number of aliphatic hydroxyl groups excluding tert-OH is 2. The summed E-state index contributed by atoms with van der Waals surface area (Å²) >= 11 is 0. The van der Waals surface area contributed by atoms with E-state index >= 15 is 0 Å². The fraction of sp³-hybridized carbons (Fsp3) is 0.308. The van der Waals surface area contributed by atoms with E-state index in [4.69, 9.17) is 19.7 Å². The number of aliphatic hydroxyl groups is 2. The van der Waals surface area contributed by atoms with Gasteiger partial charge in [0.05, 0.1) is 19.3 Å². The van der Waals surface area contributed by atoms with Gasteiger partial charge in [-0.05, 0) is 23.8 Å². The number of ether oxygens (including phenoxy) is 2. The number of rotatable bonds is 5. The molecule has 1 aliphatic rings. The summed E-state index contributed by atoms with van der Waals surface area (Å²) in [4.78, 5) is 11.5. The predicted molar refractivity (Wildman–Crippen MR) is 67.7 cm³/mol. The van der Waals surface area contributed by atoms with E-state index in [0.717, 1.165) is 5.56 Å². The van der Waals surface area contributed by atoms with Crippen LogP contribution in [0.3, 0.4) is 0 Å². The highest BCUT2D eigenvalue weighted by molar-refractivity contribution is 5.92. The summed E-state index contributed by atoms with van der Waals surface area (Å²) in [6.45, 7) is -0.405. The van der Waals surface area contributed by atoms with Crippen molar-refractivity contribution in [3.05, 3.63) is 29.8 Å². The van der Waals surface area contributed by atoms with Crippen molar-refractivity contribution in [2.24, 2.45) is 0 Å². The van der Waals surface area contributed by atoms with Crippen LogP contribution < -0.4 is 14.8 Å². The quantitative estimate of drug-likeness (QED) is 0.647. The van der Waals surface area contributed by atoms with Crippen molar-refractivity contribution in [1.29, 1.82) is 0 Å². The minimum atomic E-state index is -0.645. The second kappa shape index (κ2) is 6.21. The Bertz CT molecular complexity index is 482. The normalized spacial score (nSPS) is 13.2. The topological polar surface area (TPSA) is 88.0 Å². The first-order valence-electron chi connectivity index (χ1n) is 5.83. The van der Waals surface area contributed by atoms with Crippen molar-refractivity contribution >= 4 is 12.0 Å². The van der Waals surface area contributed by atoms with E-state index in [9.17, 15) is 4.79 Å². The van der Waals surface area contributed by atoms with Gasteiger partial charge in [-0.1, -0.05) is 6.07 Å². The van der Waals surface area contributed by atoms with Crippen molar-refractivity contribution in [2.75, 3.05) is 20.0 Å². The molecule has 1 amide bonds. The largest absolute Gasteiger partial charge is 0.454 e. The van der Waals surface area contributed by atoms with Crippen molar-refractivity contribution in [2.45, 2.75) is 6.04 Å². The maximum absolute atomic E-state index is 11.5. The van der Waals surface area contributed by atoms with E-state index in [2.05, 4.69) is 5.32 Å². The van der Waals surface area contributed by atoms with Crippen molar-refractivity contribution < 1.29 is 24.5 Å². The second-order valence-electron chi connectivity index (χ2n) is 4.02. The van der Waals surface area contributed by atoms with E-state index in [1.54, 1.807) is 24.3 Å². The van der Waals surface area contributed by atoms with E-state index in [0.29, 0.717) is 11.5 Å². The Labute approximate surface area is 110 Å². The lowest BCUT2D eigenvalue weighted by Crippen LogP contribution is -2.39. The third-order valence-corrected chi connectivity index (χ3v) is 2.61. The molecule has 0 atom stereocenters. The zero-order chi connectivity index (χ0) is 13.7. The first-order valence-corrected chi connectivity index (χ1v) is 5.83. The van der Waals surface area contributed by atoms with Crippen LogP contribution in [0, 0.1) is 0 Å². The molecule has 19 heavy (non-hydrogen) atoms. The van der Waals surface area contributed by atoms with Crippen molar-refractivity contribution in [3.63, 3.8) is 0 Å². The van der Waals surface area contributed by atoms with Crippen LogP contribution in [0.1, 0.15) is 5.56 Å². The molecule has 102 valence electrons. The van der Waals surface area contributed by atoms with Crippen LogP contribution in [0.25, 0.3) is 6.08 Å². The number of hydrogen-bond donors (Lipinski definition) is 3. The molecule has 1 heterocycles. The van der Waals surface area contributed by atoms with Gasteiger partial charge < -0.3 is 25.0 Å². The molecular weight excluding hydrogens is 250 g/mol. The Hall–Kier alpha value is -2.05. The van der Waals surface area contributed by atoms with E-state index < -0.39 is 6.04 Å². The van der Waals surface area contributed by atoms with Crippen LogP contribution >= 0.6 is 0 Å². The minimum Gasteiger partial charge on any atom is -0.454 e. The first kappa shape index (κ1) is 13.4. The minimum absolute atomic E-state index is 0.206. The Morgan fingerprint density at radius 2 is 2.05 bits per heavy atom. The lowest BCUT2D eigenvalue weighted by molar-refractivity contribution is -0.117. The fourth-order valence-electron chi connectivity index (χ4n) is 1.59. The van der Waals surface area contributed by atoms with Crippen LogP contribution in [-0.2, 0) is 4.79 Å². The highest BCUT2D eigenvalue weighted by atomic mass is 16.7. The molecule has 0 saturated heterocycles. The summed E-state index contributed by atoms with van der Waals surface area (Å²) in [5, 5.41) is 20.1. The SMILES string of the molecule is O=C(C=Cc1ccc2c(c1)OCO2)NC(CO)CO. The van der Waals surface area contributed by atoms with Gasteiger partial charge in [-0.15, -0.1) is 0 Å². The number of benzene rings is 1. The molecule has 1 aromatic rings. The third-order valence-electron chi connectivity index (χ3n) is 2.61. The average molecular weight is 265 g/mol. The van der Waals surface area contributed by atoms with Gasteiger partial charge in [-0.25, -0.2) is 0 Å². The molecule has 0 spiro atoms. The highest BCUT2D eigenvalue weighted by Gasteiger charge is 2.12. The lowest BCUT2D eigenvalue weighted by Gasteiger charge is -2.10. The summed E-state index contributed by atoms with van der Waals surface area (Å²) < 4.78 is 10.4. The molecular formula is C13H15NO5. The van der Waals surface area contributed by atoms with Crippen LogP contribution in [0.15, 0.2) is 24.3 Å². The van der Waals surface area contributed by atoms with Gasteiger partial charge in [0.25, 0.3) is 0 Å². The predicted octanol–water partition coefficient (Wildman–Crippen LogP) is -0.102. The summed E-state index contributed by atoms with van der Waals surface area (Å²) in [7, 11) is 0. The molecule has 0 saturated carbocycles. The second-order valence-corrected chi connectivity index (χ2v) is 4.02. The molecule has 1 aliphatic heterocycles. The number of amides is 1. The fourth-order valence-corrected chi connectivity index (χ4v) is 1.59. The number of fused-ring (bicyclic) bond motifs is 1. The number of carbonyl (C=O) groups is 1. The summed E-state index contributed by atoms with van der Waals surface area (Å²) in [5.41, 5.74) is 0.795. The highest BCUT2D eigenvalue weighted by Crippen LogP contribution is 2.32. The molecule has 0 aromatic heterocycles. The van der Waals surface area contributed by atoms with Gasteiger partial charge in [-0.3, -0.25) is 4.79 Å². The zero-order valence-electron chi connectivity index (χ0n) is 10.2. The maximum Gasteiger partial charge on any atom is 0.244 e. The molecule has 0 radical (unpaired) electrons. The molecule has 3 N–H and O–H groups in total. The smallest absolute Gasteiger partial charge is 0.244 e. The number of nitrogens with one attached hydrogen (secondary N) is 1. The van der Waals surface area contributed by atoms with E-state index in [1.165, 1.54) is 6.08 Å². The summed E-state index contributed by atoms with van der Waals surface area (Å²) in [6, 6.07) is 4.69. The van der Waals surface area contributed by atoms with Gasteiger partial charge in [-0.2, -0.15) is 0 Å². The van der Waals surface area contributed by atoms with Crippen LogP contribution in [0.4, 0.5) is 0 Å².